The van der Waals surface area contributed by atoms with E-state index in [1.165, 1.54) is 23.8 Å². The highest BCUT2D eigenvalue weighted by atomic mass is 35.5. The largest absolute Gasteiger partial charge is 0.508 e. The number of methoxy groups -OCH3 is 1. The van der Waals surface area contributed by atoms with Crippen LogP contribution in [0.5, 0.6) is 11.5 Å². The zero-order valence-corrected chi connectivity index (χ0v) is 18.0. The first-order valence-electron chi connectivity index (χ1n) is 10.0. The number of carbonyl (C=O) groups is 1. The summed E-state index contributed by atoms with van der Waals surface area (Å²) in [6.07, 6.45) is 2.63. The number of aryl methyl sites for hydroxylation is 2. The molecule has 3 aromatic carbocycles. The molecule has 5 heteroatoms. The molecule has 2 N–H and O–H groups in total. The molecule has 0 radical (unpaired) electrons. The number of carbonyl (C=O) groups excluding carboxylic acids is 1. The number of aromatic hydroxyl groups is 1. The van der Waals surface area contributed by atoms with Gasteiger partial charge in [0.05, 0.1) is 12.7 Å². The lowest BCUT2D eigenvalue weighted by Gasteiger charge is -2.12. The second-order valence-electron chi connectivity index (χ2n) is 7.10. The highest BCUT2D eigenvalue weighted by molar-refractivity contribution is 6.31. The smallest absolute Gasteiger partial charge is 0.255 e. The van der Waals surface area contributed by atoms with E-state index in [-0.39, 0.29) is 11.7 Å². The van der Waals surface area contributed by atoms with Crippen LogP contribution in [0.25, 0.3) is 11.1 Å². The topological polar surface area (TPSA) is 58.6 Å². The predicted octanol–water partition coefficient (Wildman–Crippen LogP) is 5.65. The average Bonchev–Trinajstić information content (AvgIpc) is 2.77. The molecule has 3 rings (SSSR count). The Bertz CT molecular complexity index is 1020. The number of ether oxygens (including phenoxy) is 1. The number of amides is 1. The molecule has 0 fully saturated rings. The Kier molecular flexibility index (Phi) is 7.36. The number of halogens is 1. The number of rotatable bonds is 8. The van der Waals surface area contributed by atoms with E-state index in [4.69, 9.17) is 16.3 Å². The van der Waals surface area contributed by atoms with Gasteiger partial charge < -0.3 is 15.2 Å². The quantitative estimate of drug-likeness (QED) is 0.460. The van der Waals surface area contributed by atoms with Gasteiger partial charge in [0.25, 0.3) is 5.91 Å². The van der Waals surface area contributed by atoms with E-state index in [9.17, 15) is 9.90 Å². The molecule has 0 aromatic heterocycles. The van der Waals surface area contributed by atoms with Crippen molar-refractivity contribution in [3.8, 4) is 22.6 Å². The van der Waals surface area contributed by atoms with Crippen LogP contribution in [0.3, 0.4) is 0 Å². The van der Waals surface area contributed by atoms with Gasteiger partial charge >= 0.3 is 0 Å². The van der Waals surface area contributed by atoms with E-state index in [1.54, 1.807) is 30.3 Å². The van der Waals surface area contributed by atoms with E-state index >= 15 is 0 Å². The molecule has 0 spiro atoms. The third-order valence-corrected chi connectivity index (χ3v) is 5.30. The van der Waals surface area contributed by atoms with Crippen LogP contribution >= 0.6 is 11.6 Å². The first kappa shape index (κ1) is 21.7. The van der Waals surface area contributed by atoms with E-state index in [1.807, 2.05) is 12.1 Å². The normalized spacial score (nSPS) is 10.6. The van der Waals surface area contributed by atoms with Crippen LogP contribution in [0.15, 0.2) is 60.7 Å². The number of hydrogen-bond donors (Lipinski definition) is 2. The minimum Gasteiger partial charge on any atom is -0.508 e. The standard InChI is InChI=1S/C25H26ClNO3/c1-3-18-15-17(6-12-22(18)19-7-10-21(28)11-8-19)5-4-14-27-25(29)23-16-20(26)9-13-24(23)30-2/h6-13,15-16,28H,3-5,14H2,1-2H3,(H,27,29). The monoisotopic (exact) mass is 423 g/mol. The zero-order valence-electron chi connectivity index (χ0n) is 17.2. The molecule has 3 aromatic rings. The van der Waals surface area contributed by atoms with Gasteiger partial charge in [-0.25, -0.2) is 0 Å². The van der Waals surface area contributed by atoms with Crippen molar-refractivity contribution < 1.29 is 14.6 Å². The van der Waals surface area contributed by atoms with Crippen LogP contribution in [0.4, 0.5) is 0 Å². The maximum absolute atomic E-state index is 12.4. The molecule has 0 aliphatic rings. The average molecular weight is 424 g/mol. The first-order valence-corrected chi connectivity index (χ1v) is 10.4. The highest BCUT2D eigenvalue weighted by Crippen LogP contribution is 2.27. The molecule has 156 valence electrons. The van der Waals surface area contributed by atoms with Gasteiger partial charge in [0, 0.05) is 11.6 Å². The summed E-state index contributed by atoms with van der Waals surface area (Å²) in [5.41, 5.74) is 5.23. The van der Waals surface area contributed by atoms with Crippen molar-refractivity contribution in [2.24, 2.45) is 0 Å². The van der Waals surface area contributed by atoms with Gasteiger partial charge in [0.1, 0.15) is 11.5 Å². The van der Waals surface area contributed by atoms with E-state index in [0.29, 0.717) is 22.9 Å². The Hall–Kier alpha value is -2.98. The second kappa shape index (κ2) is 10.2. The fraction of sp³-hybridized carbons (Fsp3) is 0.240. The lowest BCUT2D eigenvalue weighted by molar-refractivity contribution is 0.0950. The zero-order chi connectivity index (χ0) is 21.5. The molecule has 0 bridgehead atoms. The second-order valence-corrected chi connectivity index (χ2v) is 7.53. The van der Waals surface area contributed by atoms with Crippen LogP contribution in [-0.2, 0) is 12.8 Å². The Morgan fingerprint density at radius 1 is 1.07 bits per heavy atom. The van der Waals surface area contributed by atoms with Gasteiger partial charge in [-0.2, -0.15) is 0 Å². The van der Waals surface area contributed by atoms with Gasteiger partial charge in [-0.1, -0.05) is 48.9 Å². The summed E-state index contributed by atoms with van der Waals surface area (Å²) in [4.78, 5) is 12.4. The highest BCUT2D eigenvalue weighted by Gasteiger charge is 2.12. The molecule has 0 saturated heterocycles. The van der Waals surface area contributed by atoms with Crippen molar-refractivity contribution in [3.63, 3.8) is 0 Å². The summed E-state index contributed by atoms with van der Waals surface area (Å²) in [7, 11) is 1.53. The molecule has 4 nitrogen and oxygen atoms in total. The summed E-state index contributed by atoms with van der Waals surface area (Å²) in [5, 5.41) is 12.9. The first-order chi connectivity index (χ1) is 14.5. The van der Waals surface area contributed by atoms with Crippen LogP contribution in [-0.4, -0.2) is 24.7 Å². The lowest BCUT2D eigenvalue weighted by Crippen LogP contribution is -2.25. The summed E-state index contributed by atoms with van der Waals surface area (Å²) >= 11 is 6.00. The molecule has 0 aliphatic heterocycles. The van der Waals surface area contributed by atoms with Crippen LogP contribution < -0.4 is 10.1 Å². The van der Waals surface area contributed by atoms with Gasteiger partial charge in [0.2, 0.25) is 0 Å². The molecule has 0 heterocycles. The van der Waals surface area contributed by atoms with Crippen molar-refractivity contribution in [3.05, 3.63) is 82.4 Å². The fourth-order valence-corrected chi connectivity index (χ4v) is 3.64. The Morgan fingerprint density at radius 2 is 1.83 bits per heavy atom. The Balaban J connectivity index is 1.59. The van der Waals surface area contributed by atoms with Crippen molar-refractivity contribution in [2.75, 3.05) is 13.7 Å². The van der Waals surface area contributed by atoms with Gasteiger partial charge in [-0.3, -0.25) is 4.79 Å². The van der Waals surface area contributed by atoms with E-state index < -0.39 is 0 Å². The van der Waals surface area contributed by atoms with E-state index in [2.05, 4.69) is 30.4 Å². The number of nitrogens with one attached hydrogen (secondary N) is 1. The Morgan fingerprint density at radius 3 is 2.53 bits per heavy atom. The molecule has 1 amide bonds. The molecule has 30 heavy (non-hydrogen) atoms. The van der Waals surface area contributed by atoms with Gasteiger partial charge in [-0.05, 0) is 71.8 Å². The molecular formula is C25H26ClNO3. The molecule has 0 atom stereocenters. The van der Waals surface area contributed by atoms with Gasteiger partial charge in [0.15, 0.2) is 0 Å². The van der Waals surface area contributed by atoms with E-state index in [0.717, 1.165) is 24.8 Å². The predicted molar refractivity (Wildman–Crippen MR) is 122 cm³/mol. The van der Waals surface area contributed by atoms with Crippen LogP contribution in [0.1, 0.15) is 34.8 Å². The molecular weight excluding hydrogens is 398 g/mol. The number of phenolic OH excluding ortho intramolecular Hbond substituents is 1. The minimum absolute atomic E-state index is 0.189. The maximum atomic E-state index is 12.4. The molecule has 0 aliphatic carbocycles. The third kappa shape index (κ3) is 5.33. The van der Waals surface area contributed by atoms with Crippen molar-refractivity contribution in [1.82, 2.24) is 5.32 Å². The van der Waals surface area contributed by atoms with Crippen LogP contribution in [0.2, 0.25) is 5.02 Å². The van der Waals surface area contributed by atoms with Crippen molar-refractivity contribution in [2.45, 2.75) is 26.2 Å². The summed E-state index contributed by atoms with van der Waals surface area (Å²) in [6.45, 7) is 2.71. The summed E-state index contributed by atoms with van der Waals surface area (Å²) < 4.78 is 5.24. The van der Waals surface area contributed by atoms with Crippen LogP contribution in [0, 0.1) is 0 Å². The number of hydrogen-bond acceptors (Lipinski definition) is 3. The third-order valence-electron chi connectivity index (χ3n) is 5.06. The van der Waals surface area contributed by atoms with Crippen molar-refractivity contribution in [1.29, 1.82) is 0 Å². The fourth-order valence-electron chi connectivity index (χ4n) is 3.46. The van der Waals surface area contributed by atoms with Crippen molar-refractivity contribution >= 4 is 17.5 Å². The minimum atomic E-state index is -0.189. The maximum Gasteiger partial charge on any atom is 0.255 e. The molecule has 0 unspecified atom stereocenters. The number of phenols is 1. The number of benzene rings is 3. The van der Waals surface area contributed by atoms with Gasteiger partial charge in [-0.15, -0.1) is 0 Å². The lowest BCUT2D eigenvalue weighted by atomic mass is 9.94. The molecule has 0 saturated carbocycles. The summed E-state index contributed by atoms with van der Waals surface area (Å²) in [5.74, 6) is 0.589. The summed E-state index contributed by atoms with van der Waals surface area (Å²) in [6, 6.07) is 18.8. The SMILES string of the molecule is CCc1cc(CCCNC(=O)c2cc(Cl)ccc2OC)ccc1-c1ccc(O)cc1. The Labute approximate surface area is 182 Å².